The zero-order chi connectivity index (χ0) is 13.9. The first-order valence-electron chi connectivity index (χ1n) is 6.29. The van der Waals surface area contributed by atoms with Crippen LogP contribution in [0.4, 0.5) is 0 Å². The van der Waals surface area contributed by atoms with Gasteiger partial charge in [-0.05, 0) is 35.4 Å². The molecule has 3 rings (SSSR count). The van der Waals surface area contributed by atoms with Crippen molar-refractivity contribution >= 4 is 33.8 Å². The first-order chi connectivity index (χ1) is 9.76. The fourth-order valence-corrected chi connectivity index (χ4v) is 2.85. The van der Waals surface area contributed by atoms with Crippen molar-refractivity contribution in [3.63, 3.8) is 0 Å². The van der Waals surface area contributed by atoms with Crippen molar-refractivity contribution < 1.29 is 0 Å². The Morgan fingerprint density at radius 3 is 2.70 bits per heavy atom. The molecule has 2 nitrogen and oxygen atoms in total. The van der Waals surface area contributed by atoms with Crippen LogP contribution in [0.15, 0.2) is 47.8 Å². The van der Waals surface area contributed by atoms with Crippen LogP contribution in [-0.4, -0.2) is 4.98 Å². The highest BCUT2D eigenvalue weighted by atomic mass is 32.1. The zero-order valence-corrected chi connectivity index (χ0v) is 11.8. The second-order valence-corrected chi connectivity index (χ2v) is 5.43. The molecule has 0 aliphatic rings. The molecule has 0 amide bonds. The molecule has 20 heavy (non-hydrogen) atoms. The first kappa shape index (κ1) is 12.6. The number of benzene rings is 2. The Bertz CT molecular complexity index is 837. The lowest BCUT2D eigenvalue weighted by Gasteiger charge is -2.00. The average Bonchev–Trinajstić information content (AvgIpc) is 2.91. The van der Waals surface area contributed by atoms with Gasteiger partial charge < -0.3 is 0 Å². The van der Waals surface area contributed by atoms with Crippen molar-refractivity contribution in [1.82, 2.24) is 4.98 Å². The van der Waals surface area contributed by atoms with E-state index in [4.69, 9.17) is 0 Å². The van der Waals surface area contributed by atoms with Gasteiger partial charge in [0.05, 0.1) is 5.57 Å². The standard InChI is InChI=1S/C17H12N2S/c1-12-11-20-17(19-12)16(10-18)9-13-6-7-14-4-2-3-5-15(14)8-13/h2-9,11H,1H3/b16-9+. The predicted octanol–water partition coefficient (Wildman–Crippen LogP) is 4.67. The van der Waals surface area contributed by atoms with E-state index in [0.29, 0.717) is 5.57 Å². The van der Waals surface area contributed by atoms with Crippen molar-refractivity contribution in [2.45, 2.75) is 6.92 Å². The quantitative estimate of drug-likeness (QED) is 0.638. The molecule has 0 fully saturated rings. The lowest BCUT2D eigenvalue weighted by molar-refractivity contribution is 1.25. The van der Waals surface area contributed by atoms with Crippen molar-refractivity contribution in [2.75, 3.05) is 0 Å². The van der Waals surface area contributed by atoms with Crippen molar-refractivity contribution in [3.05, 3.63) is 64.1 Å². The van der Waals surface area contributed by atoms with Gasteiger partial charge in [-0.2, -0.15) is 5.26 Å². The molecule has 3 heteroatoms. The zero-order valence-electron chi connectivity index (χ0n) is 11.0. The summed E-state index contributed by atoms with van der Waals surface area (Å²) in [5.74, 6) is 0. The summed E-state index contributed by atoms with van der Waals surface area (Å²) in [6.45, 7) is 1.94. The molecular formula is C17H12N2S. The molecule has 0 saturated carbocycles. The van der Waals surface area contributed by atoms with Gasteiger partial charge in [0.2, 0.25) is 0 Å². The Morgan fingerprint density at radius 2 is 2.00 bits per heavy atom. The maximum Gasteiger partial charge on any atom is 0.134 e. The van der Waals surface area contributed by atoms with Gasteiger partial charge in [-0.3, -0.25) is 0 Å². The Hall–Kier alpha value is -2.44. The van der Waals surface area contributed by atoms with Crippen LogP contribution in [-0.2, 0) is 0 Å². The first-order valence-corrected chi connectivity index (χ1v) is 7.17. The summed E-state index contributed by atoms with van der Waals surface area (Å²) >= 11 is 1.50. The Morgan fingerprint density at radius 1 is 1.20 bits per heavy atom. The van der Waals surface area contributed by atoms with E-state index in [2.05, 4.69) is 35.3 Å². The molecule has 0 bridgehead atoms. The SMILES string of the molecule is Cc1csc(/C(C#N)=C/c2ccc3ccccc3c2)n1. The number of thiazole rings is 1. The fraction of sp³-hybridized carbons (Fsp3) is 0.0588. The lowest BCUT2D eigenvalue weighted by atomic mass is 10.1. The fourth-order valence-electron chi connectivity index (χ4n) is 2.08. The Balaban J connectivity index is 2.06. The van der Waals surface area contributed by atoms with Crippen LogP contribution in [0.25, 0.3) is 22.4 Å². The van der Waals surface area contributed by atoms with E-state index in [-0.39, 0.29) is 0 Å². The van der Waals surface area contributed by atoms with Crippen molar-refractivity contribution in [1.29, 1.82) is 5.26 Å². The molecular weight excluding hydrogens is 264 g/mol. The van der Waals surface area contributed by atoms with E-state index in [1.165, 1.54) is 22.1 Å². The molecule has 0 unspecified atom stereocenters. The summed E-state index contributed by atoms with van der Waals surface area (Å²) in [4.78, 5) is 4.37. The van der Waals surface area contributed by atoms with Gasteiger partial charge in [-0.1, -0.05) is 36.4 Å². The normalized spacial score (nSPS) is 11.5. The molecule has 3 aromatic rings. The third kappa shape index (κ3) is 2.47. The van der Waals surface area contributed by atoms with E-state index in [0.717, 1.165) is 16.3 Å². The lowest BCUT2D eigenvalue weighted by Crippen LogP contribution is -1.82. The van der Waals surface area contributed by atoms with Gasteiger partial charge in [-0.15, -0.1) is 11.3 Å². The number of rotatable bonds is 2. The topological polar surface area (TPSA) is 36.7 Å². The Kier molecular flexibility index (Phi) is 3.32. The van der Waals surface area contributed by atoms with Gasteiger partial charge in [0.25, 0.3) is 0 Å². The smallest absolute Gasteiger partial charge is 0.134 e. The van der Waals surface area contributed by atoms with Gasteiger partial charge >= 0.3 is 0 Å². The molecule has 2 aromatic carbocycles. The predicted molar refractivity (Wildman–Crippen MR) is 84.3 cm³/mol. The maximum atomic E-state index is 9.31. The number of allylic oxidation sites excluding steroid dienone is 1. The molecule has 0 radical (unpaired) electrons. The average molecular weight is 276 g/mol. The highest BCUT2D eigenvalue weighted by Gasteiger charge is 2.05. The van der Waals surface area contributed by atoms with Gasteiger partial charge in [0.1, 0.15) is 11.1 Å². The third-order valence-corrected chi connectivity index (χ3v) is 4.05. The van der Waals surface area contributed by atoms with E-state index in [9.17, 15) is 5.26 Å². The van der Waals surface area contributed by atoms with E-state index < -0.39 is 0 Å². The molecule has 0 N–H and O–H groups in total. The van der Waals surface area contributed by atoms with Gasteiger partial charge in [0, 0.05) is 11.1 Å². The van der Waals surface area contributed by atoms with Crippen LogP contribution in [0.3, 0.4) is 0 Å². The molecule has 0 saturated heterocycles. The largest absolute Gasteiger partial charge is 0.241 e. The summed E-state index contributed by atoms with van der Waals surface area (Å²) in [7, 11) is 0. The molecule has 0 aliphatic carbocycles. The molecule has 96 valence electrons. The summed E-state index contributed by atoms with van der Waals surface area (Å²) in [5.41, 5.74) is 2.58. The minimum Gasteiger partial charge on any atom is -0.241 e. The van der Waals surface area contributed by atoms with Gasteiger partial charge in [0.15, 0.2) is 0 Å². The number of aromatic nitrogens is 1. The second-order valence-electron chi connectivity index (χ2n) is 4.57. The van der Waals surface area contributed by atoms with Crippen LogP contribution in [0, 0.1) is 18.3 Å². The summed E-state index contributed by atoms with van der Waals surface area (Å²) in [6, 6.07) is 16.6. The number of nitriles is 1. The van der Waals surface area contributed by atoms with E-state index >= 15 is 0 Å². The summed E-state index contributed by atoms with van der Waals surface area (Å²) in [6.07, 6.45) is 1.89. The summed E-state index contributed by atoms with van der Waals surface area (Å²) < 4.78 is 0. The van der Waals surface area contributed by atoms with Crippen LogP contribution < -0.4 is 0 Å². The van der Waals surface area contributed by atoms with Crippen molar-refractivity contribution in [3.8, 4) is 6.07 Å². The number of hydrogen-bond acceptors (Lipinski definition) is 3. The van der Waals surface area contributed by atoms with Crippen LogP contribution in [0.2, 0.25) is 0 Å². The number of fused-ring (bicyclic) bond motifs is 1. The minimum absolute atomic E-state index is 0.610. The molecule has 0 aliphatic heterocycles. The molecule has 1 aromatic heterocycles. The maximum absolute atomic E-state index is 9.31. The highest BCUT2D eigenvalue weighted by molar-refractivity contribution is 7.11. The highest BCUT2D eigenvalue weighted by Crippen LogP contribution is 2.23. The molecule has 0 spiro atoms. The number of nitrogens with zero attached hydrogens (tertiary/aromatic N) is 2. The van der Waals surface area contributed by atoms with E-state index in [1.807, 2.05) is 36.6 Å². The molecule has 0 atom stereocenters. The number of aryl methyl sites for hydroxylation is 1. The minimum atomic E-state index is 0.610. The third-order valence-electron chi connectivity index (χ3n) is 3.05. The monoisotopic (exact) mass is 276 g/mol. The van der Waals surface area contributed by atoms with Crippen LogP contribution >= 0.6 is 11.3 Å². The van der Waals surface area contributed by atoms with Gasteiger partial charge in [-0.25, -0.2) is 4.98 Å². The van der Waals surface area contributed by atoms with E-state index in [1.54, 1.807) is 0 Å². The van der Waals surface area contributed by atoms with Crippen LogP contribution in [0.5, 0.6) is 0 Å². The van der Waals surface area contributed by atoms with Crippen LogP contribution in [0.1, 0.15) is 16.3 Å². The van der Waals surface area contributed by atoms with Crippen molar-refractivity contribution in [2.24, 2.45) is 0 Å². The second kappa shape index (κ2) is 5.28. The summed E-state index contributed by atoms with van der Waals surface area (Å²) in [5, 5.41) is 14.4. The molecule has 1 heterocycles. The number of hydrogen-bond donors (Lipinski definition) is 0. The Labute approximate surface area is 121 Å².